The van der Waals surface area contributed by atoms with E-state index in [4.69, 9.17) is 20.0 Å². The van der Waals surface area contributed by atoms with Crippen LogP contribution in [0.1, 0.15) is 6.92 Å². The molecule has 2 unspecified atom stereocenters. The fourth-order valence-corrected chi connectivity index (χ4v) is 0.876. The highest BCUT2D eigenvalue weighted by molar-refractivity contribution is 7.39. The van der Waals surface area contributed by atoms with Gasteiger partial charge in [-0.1, -0.05) is 0 Å². The summed E-state index contributed by atoms with van der Waals surface area (Å²) < 4.78 is 4.14. The summed E-state index contributed by atoms with van der Waals surface area (Å²) in [6, 6.07) is 0. The molecule has 2 atom stereocenters. The molecule has 0 saturated heterocycles. The summed E-state index contributed by atoms with van der Waals surface area (Å²) in [6.45, 7) is -0.473. The Bertz CT molecular complexity index is 193. The first kappa shape index (κ1) is 13.9. The van der Waals surface area contributed by atoms with Gasteiger partial charge in [0.1, 0.15) is 18.3 Å². The Morgan fingerprint density at radius 1 is 1.57 bits per heavy atom. The first-order valence-electron chi connectivity index (χ1n) is 3.66. The molecule has 0 fully saturated rings. The smallest absolute Gasteiger partial charge is 0.327 e. The monoisotopic (exact) mass is 228 g/mol. The van der Waals surface area contributed by atoms with Gasteiger partial charge < -0.3 is 29.6 Å². The zero-order valence-corrected chi connectivity index (χ0v) is 8.39. The summed E-state index contributed by atoms with van der Waals surface area (Å²) >= 11 is 0. The molecule has 0 aromatic carbocycles. The third kappa shape index (κ3) is 4.39. The lowest BCUT2D eigenvalue weighted by molar-refractivity contribution is -0.148. The van der Waals surface area contributed by atoms with E-state index in [1.54, 1.807) is 0 Å². The van der Waals surface area contributed by atoms with Gasteiger partial charge >= 0.3 is 8.60 Å². The Kier molecular flexibility index (Phi) is 5.61. The van der Waals surface area contributed by atoms with Crippen molar-refractivity contribution >= 4 is 14.4 Å². The van der Waals surface area contributed by atoms with Crippen LogP contribution in [0.2, 0.25) is 0 Å². The molecule has 0 radical (unpaired) electrons. The highest BCUT2D eigenvalue weighted by Crippen LogP contribution is 2.24. The fourth-order valence-electron chi connectivity index (χ4n) is 0.634. The van der Waals surface area contributed by atoms with Crippen molar-refractivity contribution in [3.8, 4) is 0 Å². The summed E-state index contributed by atoms with van der Waals surface area (Å²) in [5.74, 6) is -0.945. The minimum absolute atomic E-state index is 0.740. The third-order valence-electron chi connectivity index (χ3n) is 1.54. The van der Waals surface area contributed by atoms with E-state index in [2.05, 4.69) is 4.52 Å². The van der Waals surface area contributed by atoms with Crippen molar-refractivity contribution in [2.75, 3.05) is 13.2 Å². The van der Waals surface area contributed by atoms with Crippen LogP contribution in [0.15, 0.2) is 0 Å². The molecule has 14 heavy (non-hydrogen) atoms. The van der Waals surface area contributed by atoms with Crippen molar-refractivity contribution in [3.63, 3.8) is 0 Å². The lowest BCUT2D eigenvalue weighted by Gasteiger charge is -2.25. The number of Topliss-reactive ketones (excluding diaryl/α,β-unsaturated/α-hetero) is 1. The lowest BCUT2D eigenvalue weighted by atomic mass is 9.97. The number of carbonyl (C=O) groups is 1. The Labute approximate surface area is 81.6 Å². The molecule has 0 heterocycles. The van der Waals surface area contributed by atoms with Gasteiger partial charge in [0, 0.05) is 0 Å². The SMILES string of the molecule is CC(O)(CO)C(O)C(=O)COP(O)O. The van der Waals surface area contributed by atoms with Gasteiger partial charge in [-0.15, -0.1) is 0 Å². The molecule has 0 bridgehead atoms. The maximum absolute atomic E-state index is 11.0. The maximum atomic E-state index is 11.0. The normalized spacial score (nSPS) is 17.9. The Hall–Kier alpha value is -0.140. The van der Waals surface area contributed by atoms with E-state index in [0.29, 0.717) is 0 Å². The predicted molar refractivity (Wildman–Crippen MR) is 46.0 cm³/mol. The Morgan fingerprint density at radius 3 is 2.43 bits per heavy atom. The standard InChI is InChI=1S/C6H13O7P/c1-6(10,3-7)5(9)4(8)2-13-14(11)12/h5,7,9-12H,2-3H2,1H3. The van der Waals surface area contributed by atoms with E-state index in [1.807, 2.05) is 0 Å². The number of hydrogen-bond acceptors (Lipinski definition) is 7. The van der Waals surface area contributed by atoms with Crippen molar-refractivity contribution in [3.05, 3.63) is 0 Å². The molecule has 5 N–H and O–H groups in total. The van der Waals surface area contributed by atoms with Crippen LogP contribution in [-0.4, -0.2) is 55.8 Å². The van der Waals surface area contributed by atoms with Gasteiger partial charge in [0.2, 0.25) is 0 Å². The minimum Gasteiger partial charge on any atom is -0.393 e. The zero-order chi connectivity index (χ0) is 11.4. The molecular weight excluding hydrogens is 215 g/mol. The lowest BCUT2D eigenvalue weighted by Crippen LogP contribution is -2.48. The quantitative estimate of drug-likeness (QED) is 0.329. The molecule has 8 heteroatoms. The van der Waals surface area contributed by atoms with Crippen LogP contribution in [0, 0.1) is 0 Å². The van der Waals surface area contributed by atoms with Crippen molar-refractivity contribution in [1.82, 2.24) is 0 Å². The van der Waals surface area contributed by atoms with Crippen LogP contribution in [0.5, 0.6) is 0 Å². The van der Waals surface area contributed by atoms with Gasteiger partial charge in [-0.2, -0.15) is 0 Å². The largest absolute Gasteiger partial charge is 0.393 e. The Balaban J connectivity index is 4.12. The van der Waals surface area contributed by atoms with E-state index in [1.165, 1.54) is 0 Å². The molecule has 0 aliphatic rings. The summed E-state index contributed by atoms with van der Waals surface area (Å²) in [5, 5.41) is 27.0. The van der Waals surface area contributed by atoms with Gasteiger partial charge in [-0.25, -0.2) is 0 Å². The highest BCUT2D eigenvalue weighted by atomic mass is 31.2. The van der Waals surface area contributed by atoms with Gasteiger partial charge in [-0.05, 0) is 6.92 Å². The van der Waals surface area contributed by atoms with Crippen LogP contribution in [0.4, 0.5) is 0 Å². The average molecular weight is 228 g/mol. The molecule has 0 spiro atoms. The molecule has 0 aromatic rings. The van der Waals surface area contributed by atoms with Gasteiger partial charge in [0.25, 0.3) is 0 Å². The molecule has 0 aromatic heterocycles. The highest BCUT2D eigenvalue weighted by Gasteiger charge is 2.35. The molecule has 7 nitrogen and oxygen atoms in total. The minimum atomic E-state index is -2.67. The van der Waals surface area contributed by atoms with Crippen molar-refractivity contribution < 1.29 is 34.4 Å². The third-order valence-corrected chi connectivity index (χ3v) is 1.90. The first-order valence-corrected chi connectivity index (χ1v) is 4.82. The second kappa shape index (κ2) is 5.67. The zero-order valence-electron chi connectivity index (χ0n) is 7.49. The maximum Gasteiger partial charge on any atom is 0.327 e. The fraction of sp³-hybridized carbons (Fsp3) is 0.833. The molecule has 0 amide bonds. The number of aliphatic hydroxyl groups is 3. The number of ketones is 1. The molecule has 0 rings (SSSR count). The molecule has 0 aliphatic heterocycles. The molecule has 0 saturated carbocycles. The van der Waals surface area contributed by atoms with E-state index in [-0.39, 0.29) is 0 Å². The van der Waals surface area contributed by atoms with Crippen LogP contribution in [-0.2, 0) is 9.32 Å². The van der Waals surface area contributed by atoms with Gasteiger partial charge in [0.15, 0.2) is 5.78 Å². The van der Waals surface area contributed by atoms with Crippen LogP contribution in [0.3, 0.4) is 0 Å². The van der Waals surface area contributed by atoms with Crippen molar-refractivity contribution in [2.45, 2.75) is 18.6 Å². The molecule has 84 valence electrons. The van der Waals surface area contributed by atoms with E-state index in [9.17, 15) is 9.90 Å². The van der Waals surface area contributed by atoms with Crippen molar-refractivity contribution in [1.29, 1.82) is 0 Å². The topological polar surface area (TPSA) is 127 Å². The van der Waals surface area contributed by atoms with E-state index >= 15 is 0 Å². The molecular formula is C6H13O7P. The van der Waals surface area contributed by atoms with Crippen LogP contribution in [0.25, 0.3) is 0 Å². The van der Waals surface area contributed by atoms with Crippen molar-refractivity contribution in [2.24, 2.45) is 0 Å². The van der Waals surface area contributed by atoms with Gasteiger partial charge in [-0.3, -0.25) is 4.79 Å². The number of carbonyl (C=O) groups excluding carboxylic acids is 1. The summed E-state index contributed by atoms with van der Waals surface area (Å²) in [5.41, 5.74) is -1.96. The second-order valence-corrected chi connectivity index (χ2v) is 3.67. The van der Waals surface area contributed by atoms with Crippen LogP contribution >= 0.6 is 8.60 Å². The van der Waals surface area contributed by atoms with Crippen LogP contribution < -0.4 is 0 Å². The number of hydrogen-bond donors (Lipinski definition) is 5. The molecule has 0 aliphatic carbocycles. The number of rotatable bonds is 6. The first-order chi connectivity index (χ1) is 6.31. The van der Waals surface area contributed by atoms with Gasteiger partial charge in [0.05, 0.1) is 6.61 Å². The van der Waals surface area contributed by atoms with E-state index in [0.717, 1.165) is 6.92 Å². The van der Waals surface area contributed by atoms with E-state index < -0.39 is 39.3 Å². The predicted octanol–water partition coefficient (Wildman–Crippen LogP) is -2.11. The summed E-state index contributed by atoms with van der Waals surface area (Å²) in [6.07, 6.45) is -1.83. The Morgan fingerprint density at radius 2 is 2.07 bits per heavy atom. The summed E-state index contributed by atoms with van der Waals surface area (Å²) in [4.78, 5) is 27.6. The number of aliphatic hydroxyl groups excluding tert-OH is 2. The summed E-state index contributed by atoms with van der Waals surface area (Å²) in [7, 11) is -2.67. The average Bonchev–Trinajstić information content (AvgIpc) is 2.12. The second-order valence-electron chi connectivity index (χ2n) is 2.91.